The molecule has 0 radical (unpaired) electrons. The molecule has 1 unspecified atom stereocenters. The minimum Gasteiger partial charge on any atom is -0.344 e. The highest BCUT2D eigenvalue weighted by Crippen LogP contribution is 2.20. The number of carbonyl (C=O) groups is 1. The molecule has 1 atom stereocenters. The largest absolute Gasteiger partial charge is 0.346 e. The van der Waals surface area contributed by atoms with Gasteiger partial charge in [0.25, 0.3) is 0 Å². The van der Waals surface area contributed by atoms with Crippen LogP contribution >= 0.6 is 0 Å². The van der Waals surface area contributed by atoms with Crippen molar-refractivity contribution in [3.05, 3.63) is 48.5 Å². The number of rotatable bonds is 1. The second-order valence-corrected chi connectivity index (χ2v) is 3.49. The van der Waals surface area contributed by atoms with Crippen LogP contribution in [0, 0.1) is 0 Å². The lowest BCUT2D eigenvalue weighted by Crippen LogP contribution is -2.18. The SMILES string of the molecule is O=C1N=C2C=CC(n3cccc3)C=C2N1. The van der Waals surface area contributed by atoms with Gasteiger partial charge in [-0.2, -0.15) is 4.99 Å². The Morgan fingerprint density at radius 2 is 2.13 bits per heavy atom. The van der Waals surface area contributed by atoms with Crippen molar-refractivity contribution in [3.8, 4) is 0 Å². The van der Waals surface area contributed by atoms with Gasteiger partial charge in [-0.05, 0) is 24.3 Å². The number of amides is 2. The Kier molecular flexibility index (Phi) is 1.62. The van der Waals surface area contributed by atoms with Gasteiger partial charge >= 0.3 is 6.03 Å². The summed E-state index contributed by atoms with van der Waals surface area (Å²) in [7, 11) is 0. The molecule has 1 aliphatic carbocycles. The molecule has 15 heavy (non-hydrogen) atoms. The van der Waals surface area contributed by atoms with Gasteiger partial charge in [-0.1, -0.05) is 6.08 Å². The Balaban J connectivity index is 1.96. The van der Waals surface area contributed by atoms with Gasteiger partial charge in [0.05, 0.1) is 17.5 Å². The molecule has 0 saturated carbocycles. The molecule has 0 aromatic carbocycles. The minimum atomic E-state index is -0.283. The van der Waals surface area contributed by atoms with E-state index in [2.05, 4.69) is 14.9 Å². The van der Waals surface area contributed by atoms with E-state index in [1.807, 2.05) is 42.8 Å². The summed E-state index contributed by atoms with van der Waals surface area (Å²) in [6.07, 6.45) is 9.86. The van der Waals surface area contributed by atoms with Crippen molar-refractivity contribution in [2.45, 2.75) is 6.04 Å². The van der Waals surface area contributed by atoms with Crippen LogP contribution in [0.25, 0.3) is 0 Å². The van der Waals surface area contributed by atoms with Gasteiger partial charge in [-0.3, -0.25) is 0 Å². The maximum atomic E-state index is 11.0. The normalized spacial score (nSPS) is 23.2. The summed E-state index contributed by atoms with van der Waals surface area (Å²) in [4.78, 5) is 14.9. The predicted octanol–water partition coefficient (Wildman–Crippen LogP) is 1.65. The topological polar surface area (TPSA) is 46.4 Å². The van der Waals surface area contributed by atoms with Crippen LogP contribution < -0.4 is 5.32 Å². The summed E-state index contributed by atoms with van der Waals surface area (Å²) in [5, 5.41) is 2.70. The molecular weight excluding hydrogens is 190 g/mol. The van der Waals surface area contributed by atoms with E-state index in [-0.39, 0.29) is 12.1 Å². The number of aliphatic imine (C=N–C) groups is 1. The van der Waals surface area contributed by atoms with Crippen LogP contribution in [0.5, 0.6) is 0 Å². The molecule has 74 valence electrons. The number of allylic oxidation sites excluding steroid dienone is 3. The van der Waals surface area contributed by atoms with E-state index in [1.54, 1.807) is 0 Å². The standard InChI is InChI=1S/C11H9N3O/c15-11-12-9-4-3-8(7-10(9)13-11)14-5-1-2-6-14/h1-8H,(H,13,15). The van der Waals surface area contributed by atoms with Crippen LogP contribution in [0.1, 0.15) is 6.04 Å². The van der Waals surface area contributed by atoms with E-state index in [1.165, 1.54) is 0 Å². The number of urea groups is 1. The molecule has 0 saturated heterocycles. The Labute approximate surface area is 86.6 Å². The molecule has 4 heteroatoms. The number of nitrogens with zero attached hydrogens (tertiary/aromatic N) is 2. The molecule has 0 bridgehead atoms. The average Bonchev–Trinajstić information content (AvgIpc) is 2.82. The Morgan fingerprint density at radius 1 is 1.33 bits per heavy atom. The smallest absolute Gasteiger partial charge is 0.344 e. The zero-order chi connectivity index (χ0) is 10.3. The molecular formula is C11H9N3O. The molecule has 1 aromatic rings. The van der Waals surface area contributed by atoms with Gasteiger partial charge in [0.15, 0.2) is 0 Å². The third kappa shape index (κ3) is 1.30. The first-order chi connectivity index (χ1) is 7.33. The Bertz CT molecular complexity index is 494. The first kappa shape index (κ1) is 8.23. The van der Waals surface area contributed by atoms with Gasteiger partial charge in [0, 0.05) is 12.4 Å². The van der Waals surface area contributed by atoms with E-state index in [4.69, 9.17) is 0 Å². The number of hydrogen-bond acceptors (Lipinski definition) is 1. The van der Waals surface area contributed by atoms with E-state index in [0.29, 0.717) is 0 Å². The second-order valence-electron chi connectivity index (χ2n) is 3.49. The fourth-order valence-corrected chi connectivity index (χ4v) is 1.78. The van der Waals surface area contributed by atoms with Crippen molar-refractivity contribution in [3.63, 3.8) is 0 Å². The molecule has 2 aliphatic rings. The zero-order valence-electron chi connectivity index (χ0n) is 7.92. The molecule has 3 rings (SSSR count). The van der Waals surface area contributed by atoms with Crippen LogP contribution in [-0.4, -0.2) is 16.3 Å². The van der Waals surface area contributed by atoms with Gasteiger partial charge in [-0.25, -0.2) is 4.79 Å². The highest BCUT2D eigenvalue weighted by Gasteiger charge is 2.21. The van der Waals surface area contributed by atoms with Gasteiger partial charge in [-0.15, -0.1) is 0 Å². The van der Waals surface area contributed by atoms with Crippen LogP contribution in [0.2, 0.25) is 0 Å². The van der Waals surface area contributed by atoms with Crippen LogP contribution in [0.4, 0.5) is 4.79 Å². The molecule has 1 aromatic heterocycles. The predicted molar refractivity (Wildman–Crippen MR) is 56.7 cm³/mol. The number of carbonyl (C=O) groups excluding carboxylic acids is 1. The Hall–Kier alpha value is -2.10. The molecule has 2 amide bonds. The summed E-state index contributed by atoms with van der Waals surface area (Å²) >= 11 is 0. The van der Waals surface area contributed by atoms with E-state index < -0.39 is 0 Å². The van der Waals surface area contributed by atoms with Crippen molar-refractivity contribution in [1.29, 1.82) is 0 Å². The van der Waals surface area contributed by atoms with E-state index in [0.717, 1.165) is 11.4 Å². The lowest BCUT2D eigenvalue weighted by molar-refractivity contribution is 0.253. The van der Waals surface area contributed by atoms with Crippen molar-refractivity contribution in [2.24, 2.45) is 4.99 Å². The van der Waals surface area contributed by atoms with E-state index in [9.17, 15) is 4.79 Å². The zero-order valence-corrected chi connectivity index (χ0v) is 7.92. The quantitative estimate of drug-likeness (QED) is 0.734. The summed E-state index contributed by atoms with van der Waals surface area (Å²) in [5.74, 6) is 0. The molecule has 1 N–H and O–H groups in total. The summed E-state index contributed by atoms with van der Waals surface area (Å²) in [5.41, 5.74) is 1.53. The number of nitrogens with one attached hydrogen (secondary N) is 1. The number of aromatic nitrogens is 1. The van der Waals surface area contributed by atoms with Gasteiger partial charge < -0.3 is 9.88 Å². The minimum absolute atomic E-state index is 0.160. The molecule has 2 heterocycles. The first-order valence-corrected chi connectivity index (χ1v) is 4.75. The lowest BCUT2D eigenvalue weighted by Gasteiger charge is -2.15. The summed E-state index contributed by atoms with van der Waals surface area (Å²) in [6, 6.07) is 3.83. The van der Waals surface area contributed by atoms with Crippen LogP contribution in [0.15, 0.2) is 53.4 Å². The van der Waals surface area contributed by atoms with Crippen molar-refractivity contribution < 1.29 is 4.79 Å². The third-order valence-corrected chi connectivity index (χ3v) is 2.50. The van der Waals surface area contributed by atoms with E-state index >= 15 is 0 Å². The van der Waals surface area contributed by atoms with Crippen molar-refractivity contribution in [1.82, 2.24) is 9.88 Å². The monoisotopic (exact) mass is 199 g/mol. The second kappa shape index (κ2) is 2.95. The number of fused-ring (bicyclic) bond motifs is 1. The van der Waals surface area contributed by atoms with Crippen LogP contribution in [-0.2, 0) is 0 Å². The Morgan fingerprint density at radius 3 is 2.93 bits per heavy atom. The van der Waals surface area contributed by atoms with Gasteiger partial charge in [0.2, 0.25) is 0 Å². The molecule has 1 aliphatic heterocycles. The average molecular weight is 199 g/mol. The first-order valence-electron chi connectivity index (χ1n) is 4.75. The molecule has 0 spiro atoms. The van der Waals surface area contributed by atoms with Crippen molar-refractivity contribution >= 4 is 11.7 Å². The molecule has 4 nitrogen and oxygen atoms in total. The lowest BCUT2D eigenvalue weighted by atomic mass is 10.1. The van der Waals surface area contributed by atoms with Gasteiger partial charge in [0.1, 0.15) is 0 Å². The third-order valence-electron chi connectivity index (χ3n) is 2.50. The fourth-order valence-electron chi connectivity index (χ4n) is 1.78. The highest BCUT2D eigenvalue weighted by molar-refractivity contribution is 6.18. The highest BCUT2D eigenvalue weighted by atomic mass is 16.2. The maximum Gasteiger partial charge on any atom is 0.346 e. The maximum absolute atomic E-state index is 11.0. The molecule has 0 fully saturated rings. The van der Waals surface area contributed by atoms with Crippen molar-refractivity contribution in [2.75, 3.05) is 0 Å². The fraction of sp³-hybridized carbons (Fsp3) is 0.0909. The number of hydrogen-bond donors (Lipinski definition) is 1. The summed E-state index contributed by atoms with van der Waals surface area (Å²) < 4.78 is 2.06. The summed E-state index contributed by atoms with van der Waals surface area (Å²) in [6.45, 7) is 0. The van der Waals surface area contributed by atoms with Crippen LogP contribution in [0.3, 0.4) is 0 Å².